The van der Waals surface area contributed by atoms with E-state index in [2.05, 4.69) is 212 Å². The molecule has 5 heterocycles. The second-order valence-electron chi connectivity index (χ2n) is 15.5. The van der Waals surface area contributed by atoms with Gasteiger partial charge >= 0.3 is 0 Å². The molecule has 11 rings (SSSR count). The van der Waals surface area contributed by atoms with Crippen LogP contribution in [0, 0.1) is 0 Å². The molecule has 0 amide bonds. The first-order valence-corrected chi connectivity index (χ1v) is 22.2. The van der Waals surface area contributed by atoms with Gasteiger partial charge in [0.05, 0.1) is 11.4 Å². The molecule has 3 aliphatic heterocycles. The number of halogens is 1. The Morgan fingerprint density at radius 1 is 0.469 bits per heavy atom. The Morgan fingerprint density at radius 3 is 1.20 bits per heavy atom. The molecule has 9 nitrogen and oxygen atoms in total. The van der Waals surface area contributed by atoms with E-state index in [9.17, 15) is 0 Å². The van der Waals surface area contributed by atoms with Crippen molar-refractivity contribution in [3.8, 4) is 22.9 Å². The van der Waals surface area contributed by atoms with Crippen LogP contribution in [0.3, 0.4) is 0 Å². The average molecular weight is 867 g/mol. The van der Waals surface area contributed by atoms with E-state index in [0.717, 1.165) is 124 Å². The van der Waals surface area contributed by atoms with Gasteiger partial charge in [0.2, 0.25) is 11.8 Å². The highest BCUT2D eigenvalue weighted by Crippen LogP contribution is 2.40. The molecule has 1 N–H and O–H groups in total. The summed E-state index contributed by atoms with van der Waals surface area (Å²) >= 11 is 4.64. The smallest absolute Gasteiger partial charge is 0.283 e. The Kier molecular flexibility index (Phi) is 12.2. The van der Waals surface area contributed by atoms with Crippen molar-refractivity contribution in [2.45, 2.75) is 0 Å². The maximum atomic E-state index is 7.00. The molecule has 6 aromatic carbocycles. The lowest BCUT2D eigenvalue weighted by molar-refractivity contribution is -0.555. The van der Waals surface area contributed by atoms with Gasteiger partial charge < -0.3 is 24.4 Å². The molecule has 8 aromatic rings. The standard InChI is InChI=1S/C52H44N6O2.CH3Cl.CH4O/c1-53-45-25-13-15-27-47(45)59-51(53)35-37-33-49(57(39-17-5-3-6-18-39)43-23-11-9-21-41(37)43)55-29-31-56(32-30-55)50-34-38(36-52-54(2)46-26-14-16-28-48(46)60-52)42-22-10-12-24-44(42)58(50)40-19-7-4-8-20-40;2*1-2/h3-28,33-36H,29-32H2,1-2H3;1H3;2H,1H3/q+2;;. The number of hydrogen-bond donors (Lipinski definition) is 1. The molecule has 0 saturated carbocycles. The number of alkyl halides is 1. The molecule has 0 bridgehead atoms. The van der Waals surface area contributed by atoms with Crippen molar-refractivity contribution >= 4 is 68.6 Å². The number of piperazine rings is 1. The van der Waals surface area contributed by atoms with E-state index < -0.39 is 0 Å². The number of fused-ring (bicyclic) bond motifs is 4. The van der Waals surface area contributed by atoms with Gasteiger partial charge in [0, 0.05) is 62.6 Å². The second kappa shape index (κ2) is 18.6. The third-order valence-corrected chi connectivity index (χ3v) is 12.0. The molecule has 0 atom stereocenters. The molecule has 10 heteroatoms. The fraction of sp³-hybridized carbons (Fsp3) is 0.148. The van der Waals surface area contributed by atoms with Crippen LogP contribution in [-0.4, -0.2) is 58.9 Å². The van der Waals surface area contributed by atoms with Crippen LogP contribution in [0.15, 0.2) is 182 Å². The van der Waals surface area contributed by atoms with E-state index in [0.29, 0.717) is 0 Å². The summed E-state index contributed by atoms with van der Waals surface area (Å²) in [6.45, 7) is 3.29. The van der Waals surface area contributed by atoms with Crippen molar-refractivity contribution in [3.05, 3.63) is 193 Å². The normalized spacial score (nSPS) is 15.3. The molecule has 0 unspecified atom stereocenters. The zero-order valence-corrected chi connectivity index (χ0v) is 37.2. The molecule has 64 heavy (non-hydrogen) atoms. The van der Waals surface area contributed by atoms with Crippen molar-refractivity contribution < 1.29 is 23.7 Å². The third kappa shape index (κ3) is 7.74. The summed E-state index contributed by atoms with van der Waals surface area (Å²) in [7, 11) is 5.14. The van der Waals surface area contributed by atoms with Crippen molar-refractivity contribution in [2.75, 3.05) is 73.4 Å². The van der Waals surface area contributed by atoms with E-state index in [1.54, 1.807) is 0 Å². The number of anilines is 4. The van der Waals surface area contributed by atoms with Gasteiger partial charge in [0.1, 0.15) is 48.6 Å². The van der Waals surface area contributed by atoms with E-state index in [-0.39, 0.29) is 0 Å². The molecule has 1 saturated heterocycles. The van der Waals surface area contributed by atoms with E-state index in [4.69, 9.17) is 14.6 Å². The Bertz CT molecular complexity index is 2800. The minimum Gasteiger partial charge on any atom is -0.439 e. The largest absolute Gasteiger partial charge is 0.439 e. The number of pyridine rings is 2. The van der Waals surface area contributed by atoms with Crippen LogP contribution in [0.4, 0.5) is 23.0 Å². The van der Waals surface area contributed by atoms with Crippen LogP contribution < -0.4 is 38.2 Å². The Morgan fingerprint density at radius 2 is 0.812 bits per heavy atom. The van der Waals surface area contributed by atoms with Gasteiger partial charge in [0.15, 0.2) is 11.5 Å². The van der Waals surface area contributed by atoms with E-state index in [1.807, 2.05) is 24.3 Å². The van der Waals surface area contributed by atoms with Gasteiger partial charge in [-0.25, -0.2) is 0 Å². The molecular formula is C54H51ClN6O3+2. The van der Waals surface area contributed by atoms with Gasteiger partial charge in [-0.1, -0.05) is 97.1 Å². The number of hydrogen-bond acceptors (Lipinski definition) is 7. The first kappa shape index (κ1) is 42.0. The Labute approximate surface area is 379 Å². The third-order valence-electron chi connectivity index (χ3n) is 12.0. The first-order valence-electron chi connectivity index (χ1n) is 21.4. The average Bonchev–Trinajstić information content (AvgIpc) is 3.86. The van der Waals surface area contributed by atoms with Crippen LogP contribution in [0.2, 0.25) is 0 Å². The number of rotatable bonds is 6. The lowest BCUT2D eigenvalue weighted by Gasteiger charge is -2.30. The lowest BCUT2D eigenvalue weighted by Crippen LogP contribution is -2.53. The van der Waals surface area contributed by atoms with Gasteiger partial charge in [-0.2, -0.15) is 9.13 Å². The van der Waals surface area contributed by atoms with Gasteiger partial charge in [-0.3, -0.25) is 9.80 Å². The van der Waals surface area contributed by atoms with E-state index in [1.165, 1.54) is 6.38 Å². The topological polar surface area (TPSA) is 59.4 Å². The zero-order valence-electron chi connectivity index (χ0n) is 36.5. The number of ether oxygens (including phenoxy) is 2. The molecule has 0 spiro atoms. The zero-order chi connectivity index (χ0) is 44.2. The SMILES string of the molecule is CCl.CN1/C(=C\c2cc(N3CCN(c4cc(/C=C5/Oc6ccccc6N5C)c5ccccc5[n+]4-c4ccccc4)CC3)[n+](-c3ccccc3)c3ccccc23)Oc2ccccc21.CO. The quantitative estimate of drug-likeness (QED) is 0.132. The number of aliphatic hydroxyl groups excluding tert-OH is 1. The summed E-state index contributed by atoms with van der Waals surface area (Å²) in [5.41, 5.74) is 8.89. The summed E-state index contributed by atoms with van der Waals surface area (Å²) in [6.07, 6.45) is 5.85. The summed E-state index contributed by atoms with van der Waals surface area (Å²) < 4.78 is 17.7. The molecule has 320 valence electrons. The molecule has 1 fully saturated rings. The Hall–Kier alpha value is -7.33. The summed E-state index contributed by atoms with van der Waals surface area (Å²) in [4.78, 5) is 9.35. The summed E-state index contributed by atoms with van der Waals surface area (Å²) in [5.74, 6) is 5.64. The predicted molar refractivity (Wildman–Crippen MR) is 262 cm³/mol. The molecule has 3 aliphatic rings. The predicted octanol–water partition coefficient (Wildman–Crippen LogP) is 9.99. The van der Waals surface area contributed by atoms with Gasteiger partial charge in [-0.15, -0.1) is 11.6 Å². The van der Waals surface area contributed by atoms with Crippen LogP contribution >= 0.6 is 11.6 Å². The highest BCUT2D eigenvalue weighted by Gasteiger charge is 2.35. The Balaban J connectivity index is 0.00000126. The maximum Gasteiger partial charge on any atom is 0.283 e. The van der Waals surface area contributed by atoms with Crippen LogP contribution in [0.1, 0.15) is 11.1 Å². The number of aliphatic hydroxyl groups is 1. The maximum absolute atomic E-state index is 7.00. The van der Waals surface area contributed by atoms with Crippen LogP contribution in [-0.2, 0) is 0 Å². The van der Waals surface area contributed by atoms with Crippen molar-refractivity contribution in [1.82, 2.24) is 0 Å². The van der Waals surface area contributed by atoms with Crippen LogP contribution in [0.5, 0.6) is 11.5 Å². The minimum atomic E-state index is 0.806. The number of benzene rings is 6. The minimum absolute atomic E-state index is 0.806. The highest BCUT2D eigenvalue weighted by atomic mass is 35.5. The second-order valence-corrected chi connectivity index (χ2v) is 15.5. The molecule has 0 aliphatic carbocycles. The number of aromatic nitrogens is 2. The fourth-order valence-corrected chi connectivity index (χ4v) is 8.96. The van der Waals surface area contributed by atoms with Crippen molar-refractivity contribution in [3.63, 3.8) is 0 Å². The summed E-state index contributed by atoms with van der Waals surface area (Å²) in [5, 5.41) is 9.32. The monoisotopic (exact) mass is 866 g/mol. The number of para-hydroxylation sites is 8. The lowest BCUT2D eigenvalue weighted by atomic mass is 10.1. The van der Waals surface area contributed by atoms with E-state index >= 15 is 0 Å². The highest BCUT2D eigenvalue weighted by molar-refractivity contribution is 6.15. The van der Waals surface area contributed by atoms with Gasteiger partial charge in [0.25, 0.3) is 11.6 Å². The van der Waals surface area contributed by atoms with Crippen molar-refractivity contribution in [2.24, 2.45) is 0 Å². The van der Waals surface area contributed by atoms with Crippen LogP contribution in [0.25, 0.3) is 45.3 Å². The molecule has 2 aromatic heterocycles. The fourth-order valence-electron chi connectivity index (χ4n) is 8.96. The number of nitrogens with zero attached hydrogens (tertiary/aromatic N) is 6. The summed E-state index contributed by atoms with van der Waals surface area (Å²) in [6, 6.07) is 60.0. The van der Waals surface area contributed by atoms with Crippen molar-refractivity contribution in [1.29, 1.82) is 0 Å². The van der Waals surface area contributed by atoms with Gasteiger partial charge in [-0.05, 0) is 71.8 Å². The first-order chi connectivity index (χ1) is 31.6. The molecule has 0 radical (unpaired) electrons. The molecular weight excluding hydrogens is 816 g/mol.